The molecular formula is C22H28N4O2. The van der Waals surface area contributed by atoms with Crippen molar-refractivity contribution in [2.75, 3.05) is 26.2 Å². The first kappa shape index (κ1) is 18.9. The average Bonchev–Trinajstić information content (AvgIpc) is 3.30. The molecule has 1 aromatic heterocycles. The van der Waals surface area contributed by atoms with E-state index in [1.807, 2.05) is 4.90 Å². The van der Waals surface area contributed by atoms with Crippen LogP contribution in [0.5, 0.6) is 0 Å². The van der Waals surface area contributed by atoms with Gasteiger partial charge in [-0.3, -0.25) is 9.69 Å². The molecule has 2 saturated heterocycles. The Labute approximate surface area is 166 Å². The van der Waals surface area contributed by atoms with E-state index >= 15 is 0 Å². The Hall–Kier alpha value is -2.47. The molecule has 2 aliphatic heterocycles. The van der Waals surface area contributed by atoms with E-state index in [1.165, 1.54) is 29.2 Å². The Morgan fingerprint density at radius 1 is 1.11 bits per heavy atom. The number of ketones is 1. The number of piperidine rings is 1. The first-order valence-corrected chi connectivity index (χ1v) is 10.1. The molecule has 1 aromatic carbocycles. The van der Waals surface area contributed by atoms with Gasteiger partial charge >= 0.3 is 6.03 Å². The van der Waals surface area contributed by atoms with Gasteiger partial charge in [0.2, 0.25) is 0 Å². The summed E-state index contributed by atoms with van der Waals surface area (Å²) in [5, 5.41) is 4.11. The average molecular weight is 380 g/mol. The van der Waals surface area contributed by atoms with Crippen molar-refractivity contribution in [1.29, 1.82) is 0 Å². The first-order chi connectivity index (χ1) is 13.4. The largest absolute Gasteiger partial charge is 0.344 e. The smallest absolute Gasteiger partial charge is 0.323 e. The second-order valence-corrected chi connectivity index (χ2v) is 8.42. The molecule has 2 fully saturated rings. The molecule has 1 amide bonds. The molecule has 28 heavy (non-hydrogen) atoms. The molecule has 0 saturated carbocycles. The van der Waals surface area contributed by atoms with Crippen LogP contribution in [0.2, 0.25) is 0 Å². The fraction of sp³-hybridized carbons (Fsp3) is 0.500. The number of hydrogen-bond acceptors (Lipinski definition) is 4. The van der Waals surface area contributed by atoms with Crippen molar-refractivity contribution in [3.63, 3.8) is 0 Å². The quantitative estimate of drug-likeness (QED) is 0.766. The van der Waals surface area contributed by atoms with Crippen LogP contribution in [0.1, 0.15) is 47.8 Å². The van der Waals surface area contributed by atoms with E-state index in [-0.39, 0.29) is 11.8 Å². The molecule has 0 N–H and O–H groups in total. The number of nitrogens with zero attached hydrogens (tertiary/aromatic N) is 4. The number of Topliss-reactive ketones (excluding diaryl/α,β-unsaturated/α-hetero) is 1. The molecule has 2 aliphatic rings. The minimum absolute atomic E-state index is 0.121. The summed E-state index contributed by atoms with van der Waals surface area (Å²) in [7, 11) is 0. The zero-order valence-electron chi connectivity index (χ0n) is 16.7. The van der Waals surface area contributed by atoms with Gasteiger partial charge < -0.3 is 4.90 Å². The molecule has 0 bridgehead atoms. The fourth-order valence-corrected chi connectivity index (χ4v) is 4.57. The van der Waals surface area contributed by atoms with Crippen LogP contribution in [0.15, 0.2) is 36.5 Å². The van der Waals surface area contributed by atoms with Gasteiger partial charge in [-0.05, 0) is 49.8 Å². The molecule has 0 unspecified atom stereocenters. The number of benzene rings is 1. The molecular weight excluding hydrogens is 352 g/mol. The molecule has 3 heterocycles. The Balaban J connectivity index is 1.33. The van der Waals surface area contributed by atoms with Crippen molar-refractivity contribution in [2.24, 2.45) is 5.41 Å². The van der Waals surface area contributed by atoms with Gasteiger partial charge in [-0.1, -0.05) is 29.8 Å². The summed E-state index contributed by atoms with van der Waals surface area (Å²) in [6.07, 6.45) is 4.85. The molecule has 1 spiro atoms. The Morgan fingerprint density at radius 2 is 1.86 bits per heavy atom. The highest BCUT2D eigenvalue weighted by Gasteiger charge is 2.41. The molecule has 0 atom stereocenters. The number of hydrogen-bond donors (Lipinski definition) is 0. The van der Waals surface area contributed by atoms with Crippen LogP contribution in [-0.4, -0.2) is 57.6 Å². The summed E-state index contributed by atoms with van der Waals surface area (Å²) in [6, 6.07) is 10.2. The topological polar surface area (TPSA) is 58.4 Å². The minimum Gasteiger partial charge on any atom is -0.323 e. The lowest BCUT2D eigenvalue weighted by atomic mass is 9.78. The van der Waals surface area contributed by atoms with Crippen LogP contribution in [0.25, 0.3) is 0 Å². The highest BCUT2D eigenvalue weighted by atomic mass is 16.2. The van der Waals surface area contributed by atoms with Gasteiger partial charge in [0, 0.05) is 39.3 Å². The maximum absolute atomic E-state index is 12.7. The van der Waals surface area contributed by atoms with E-state index in [9.17, 15) is 9.59 Å². The van der Waals surface area contributed by atoms with Gasteiger partial charge in [-0.2, -0.15) is 9.78 Å². The van der Waals surface area contributed by atoms with Crippen LogP contribution in [0, 0.1) is 12.3 Å². The van der Waals surface area contributed by atoms with E-state index < -0.39 is 0 Å². The molecule has 4 rings (SSSR count). The van der Waals surface area contributed by atoms with Crippen molar-refractivity contribution in [1.82, 2.24) is 19.6 Å². The molecule has 0 radical (unpaired) electrons. The standard InChI is InChI=1S/C22H28N4O2/c1-17-4-3-5-19(14-17)15-24-11-7-22(16-24)8-12-25(13-9-22)21(28)26-10-6-20(23-26)18(2)27/h3-6,10,14H,7-9,11-13,15-16H2,1-2H3. The molecule has 6 nitrogen and oxygen atoms in total. The van der Waals surface area contributed by atoms with Gasteiger partial charge in [0.15, 0.2) is 5.78 Å². The molecule has 6 heteroatoms. The predicted octanol–water partition coefficient (Wildman–Crippen LogP) is 3.35. The zero-order valence-corrected chi connectivity index (χ0v) is 16.7. The van der Waals surface area contributed by atoms with Crippen LogP contribution in [-0.2, 0) is 6.54 Å². The first-order valence-electron chi connectivity index (χ1n) is 10.1. The fourth-order valence-electron chi connectivity index (χ4n) is 4.57. The minimum atomic E-state index is -0.128. The lowest BCUT2D eigenvalue weighted by Crippen LogP contribution is -2.45. The van der Waals surface area contributed by atoms with Gasteiger partial charge in [-0.15, -0.1) is 0 Å². The third-order valence-electron chi connectivity index (χ3n) is 6.25. The van der Waals surface area contributed by atoms with Crippen LogP contribution < -0.4 is 0 Å². The van der Waals surface area contributed by atoms with Gasteiger partial charge in [0.1, 0.15) is 5.69 Å². The van der Waals surface area contributed by atoms with Crippen LogP contribution >= 0.6 is 0 Å². The number of amides is 1. The van der Waals surface area contributed by atoms with E-state index in [1.54, 1.807) is 12.3 Å². The summed E-state index contributed by atoms with van der Waals surface area (Å²) >= 11 is 0. The van der Waals surface area contributed by atoms with Gasteiger partial charge in [0.25, 0.3) is 0 Å². The summed E-state index contributed by atoms with van der Waals surface area (Å²) in [5.74, 6) is -0.121. The van der Waals surface area contributed by atoms with E-state index in [0.29, 0.717) is 11.1 Å². The summed E-state index contributed by atoms with van der Waals surface area (Å²) in [4.78, 5) is 28.5. The number of aromatic nitrogens is 2. The van der Waals surface area contributed by atoms with Crippen molar-refractivity contribution in [3.05, 3.63) is 53.3 Å². The van der Waals surface area contributed by atoms with Crippen molar-refractivity contribution >= 4 is 11.8 Å². The second kappa shape index (κ2) is 7.51. The Morgan fingerprint density at radius 3 is 2.54 bits per heavy atom. The predicted molar refractivity (Wildman–Crippen MR) is 107 cm³/mol. The number of aryl methyl sites for hydroxylation is 1. The number of rotatable bonds is 3. The highest BCUT2D eigenvalue weighted by Crippen LogP contribution is 2.40. The molecule has 148 valence electrons. The maximum Gasteiger partial charge on any atom is 0.344 e. The van der Waals surface area contributed by atoms with E-state index in [2.05, 4.69) is 41.2 Å². The lowest BCUT2D eigenvalue weighted by Gasteiger charge is -2.39. The number of carbonyl (C=O) groups is 2. The van der Waals surface area contributed by atoms with E-state index in [0.717, 1.165) is 45.6 Å². The Kier molecular flexibility index (Phi) is 5.06. The normalized spacial score (nSPS) is 19.3. The third kappa shape index (κ3) is 3.87. The number of likely N-dealkylation sites (tertiary alicyclic amines) is 2. The molecule has 2 aromatic rings. The van der Waals surface area contributed by atoms with Crippen molar-refractivity contribution in [3.8, 4) is 0 Å². The zero-order chi connectivity index (χ0) is 19.7. The Bertz CT molecular complexity index is 880. The van der Waals surface area contributed by atoms with Crippen LogP contribution in [0.3, 0.4) is 0 Å². The van der Waals surface area contributed by atoms with Crippen LogP contribution in [0.4, 0.5) is 4.79 Å². The SMILES string of the molecule is CC(=O)c1ccn(C(=O)N2CCC3(CCN(Cc4cccc(C)c4)C3)CC2)n1. The monoisotopic (exact) mass is 380 g/mol. The second-order valence-electron chi connectivity index (χ2n) is 8.42. The summed E-state index contributed by atoms with van der Waals surface area (Å²) < 4.78 is 1.30. The van der Waals surface area contributed by atoms with Gasteiger partial charge in [0.05, 0.1) is 0 Å². The van der Waals surface area contributed by atoms with Crippen molar-refractivity contribution < 1.29 is 9.59 Å². The maximum atomic E-state index is 12.7. The third-order valence-corrected chi connectivity index (χ3v) is 6.25. The lowest BCUT2D eigenvalue weighted by molar-refractivity contribution is 0.101. The summed E-state index contributed by atoms with van der Waals surface area (Å²) in [5.41, 5.74) is 3.36. The van der Waals surface area contributed by atoms with Crippen molar-refractivity contribution in [2.45, 2.75) is 39.7 Å². The number of carbonyl (C=O) groups excluding carboxylic acids is 2. The highest BCUT2D eigenvalue weighted by molar-refractivity contribution is 5.92. The van der Waals surface area contributed by atoms with Gasteiger partial charge in [-0.25, -0.2) is 4.79 Å². The molecule has 0 aliphatic carbocycles. The summed E-state index contributed by atoms with van der Waals surface area (Å²) in [6.45, 7) is 8.36. The van der Waals surface area contributed by atoms with E-state index in [4.69, 9.17) is 0 Å².